The van der Waals surface area contributed by atoms with Crippen LogP contribution in [0.4, 0.5) is 5.69 Å². The van der Waals surface area contributed by atoms with Crippen LogP contribution < -0.4 is 4.72 Å². The van der Waals surface area contributed by atoms with E-state index in [4.69, 9.17) is 9.52 Å². The van der Waals surface area contributed by atoms with Gasteiger partial charge in [0.05, 0.1) is 11.9 Å². The number of hydrogen-bond acceptors (Lipinski definition) is 5. The molecule has 0 radical (unpaired) electrons. The third kappa shape index (κ3) is 2.89. The van der Waals surface area contributed by atoms with Gasteiger partial charge in [-0.2, -0.15) is 0 Å². The van der Waals surface area contributed by atoms with E-state index in [-0.39, 0.29) is 27.7 Å². The molecule has 0 aliphatic heterocycles. The van der Waals surface area contributed by atoms with Crippen LogP contribution in [0.25, 0.3) is 0 Å². The van der Waals surface area contributed by atoms with Crippen molar-refractivity contribution < 1.29 is 22.7 Å². The minimum Gasteiger partial charge on any atom is -0.478 e. The van der Waals surface area contributed by atoms with Crippen molar-refractivity contribution in [3.05, 3.63) is 41.1 Å². The van der Waals surface area contributed by atoms with Crippen molar-refractivity contribution in [2.75, 3.05) is 4.72 Å². The first-order valence-electron chi connectivity index (χ1n) is 6.01. The second-order valence-corrected chi connectivity index (χ2v) is 6.14. The number of sulfonamides is 1. The summed E-state index contributed by atoms with van der Waals surface area (Å²) in [7, 11) is -4.08. The number of nitrogens with zero attached hydrogens (tertiary/aromatic N) is 1. The molecule has 0 saturated heterocycles. The smallest absolute Gasteiger partial charge is 0.340 e. The van der Waals surface area contributed by atoms with Crippen LogP contribution >= 0.6 is 0 Å². The van der Waals surface area contributed by atoms with Crippen molar-refractivity contribution in [1.82, 2.24) is 4.98 Å². The number of carboxylic acid groups (broad SMARTS) is 1. The predicted octanol–water partition coefficient (Wildman–Crippen LogP) is 2.10. The van der Waals surface area contributed by atoms with Crippen LogP contribution in [0.5, 0.6) is 0 Å². The fraction of sp³-hybridized carbons (Fsp3) is 0.231. The fourth-order valence-electron chi connectivity index (χ4n) is 1.97. The van der Waals surface area contributed by atoms with E-state index in [0.717, 1.165) is 5.69 Å². The zero-order chi connectivity index (χ0) is 15.8. The molecule has 0 amide bonds. The van der Waals surface area contributed by atoms with Crippen LogP contribution in [0.2, 0.25) is 0 Å². The van der Waals surface area contributed by atoms with Crippen molar-refractivity contribution in [3.63, 3.8) is 0 Å². The summed E-state index contributed by atoms with van der Waals surface area (Å²) in [5, 5.41) is 9.16. The molecule has 2 N–H and O–H groups in total. The Morgan fingerprint density at radius 2 is 1.90 bits per heavy atom. The molecule has 0 saturated carbocycles. The van der Waals surface area contributed by atoms with Gasteiger partial charge in [-0.05, 0) is 32.9 Å². The van der Waals surface area contributed by atoms with Gasteiger partial charge < -0.3 is 9.52 Å². The third-order valence-corrected chi connectivity index (χ3v) is 4.38. The second kappa shape index (κ2) is 5.21. The van der Waals surface area contributed by atoms with Crippen molar-refractivity contribution in [3.8, 4) is 0 Å². The number of aryl methyl sites for hydroxylation is 3. The Kier molecular flexibility index (Phi) is 3.73. The molecule has 0 unspecified atom stereocenters. The van der Waals surface area contributed by atoms with Gasteiger partial charge in [-0.1, -0.05) is 0 Å². The molecular weight excluding hydrogens is 296 g/mol. The normalized spacial score (nSPS) is 11.4. The van der Waals surface area contributed by atoms with Crippen LogP contribution in [-0.4, -0.2) is 24.5 Å². The zero-order valence-electron chi connectivity index (χ0n) is 11.7. The van der Waals surface area contributed by atoms with Crippen molar-refractivity contribution in [1.29, 1.82) is 0 Å². The molecular formula is C13H14N2O5S. The summed E-state index contributed by atoms with van der Waals surface area (Å²) in [4.78, 5) is 14.8. The zero-order valence-corrected chi connectivity index (χ0v) is 12.5. The molecule has 0 aromatic carbocycles. The van der Waals surface area contributed by atoms with E-state index >= 15 is 0 Å². The van der Waals surface area contributed by atoms with Gasteiger partial charge in [-0.3, -0.25) is 9.71 Å². The molecule has 0 atom stereocenters. The van der Waals surface area contributed by atoms with E-state index in [1.54, 1.807) is 19.1 Å². The lowest BCUT2D eigenvalue weighted by atomic mass is 10.2. The van der Waals surface area contributed by atoms with Gasteiger partial charge in [0.25, 0.3) is 10.0 Å². The summed E-state index contributed by atoms with van der Waals surface area (Å²) in [5.74, 6) is -1.29. The maximum atomic E-state index is 12.4. The lowest BCUT2D eigenvalue weighted by molar-refractivity contribution is 0.0691. The van der Waals surface area contributed by atoms with E-state index < -0.39 is 16.0 Å². The van der Waals surface area contributed by atoms with Gasteiger partial charge in [0.1, 0.15) is 22.0 Å². The van der Waals surface area contributed by atoms with Crippen molar-refractivity contribution >= 4 is 21.7 Å². The van der Waals surface area contributed by atoms with Crippen LogP contribution in [0.15, 0.2) is 27.6 Å². The Balaban J connectivity index is 2.50. The number of carbonyl (C=O) groups is 1. The average molecular weight is 310 g/mol. The molecule has 7 nitrogen and oxygen atoms in total. The standard InChI is InChI=1S/C13H14N2O5S/c1-7-4-5-10(6-14-7)15-21(18,19)12-9(3)20-8(2)11(12)13(16)17/h4-6,15H,1-3H3,(H,16,17). The quantitative estimate of drug-likeness (QED) is 0.895. The van der Waals surface area contributed by atoms with Gasteiger partial charge in [0.15, 0.2) is 0 Å². The van der Waals surface area contributed by atoms with Gasteiger partial charge in [0.2, 0.25) is 0 Å². The first-order valence-corrected chi connectivity index (χ1v) is 7.49. The van der Waals surface area contributed by atoms with Crippen LogP contribution in [0, 0.1) is 20.8 Å². The Morgan fingerprint density at radius 1 is 1.24 bits per heavy atom. The minimum atomic E-state index is -4.08. The molecule has 0 aliphatic carbocycles. The summed E-state index contributed by atoms with van der Waals surface area (Å²) >= 11 is 0. The third-order valence-electron chi connectivity index (χ3n) is 2.85. The summed E-state index contributed by atoms with van der Waals surface area (Å²) in [6, 6.07) is 3.19. The van der Waals surface area contributed by atoms with Gasteiger partial charge in [-0.15, -0.1) is 0 Å². The average Bonchev–Trinajstić information content (AvgIpc) is 2.67. The number of hydrogen-bond donors (Lipinski definition) is 2. The van der Waals surface area contributed by atoms with Gasteiger partial charge in [0, 0.05) is 5.69 Å². The van der Waals surface area contributed by atoms with E-state index in [1.165, 1.54) is 20.0 Å². The van der Waals surface area contributed by atoms with E-state index in [1.807, 2.05) is 0 Å². The highest BCUT2D eigenvalue weighted by atomic mass is 32.2. The Hall–Kier alpha value is -2.35. The summed E-state index contributed by atoms with van der Waals surface area (Å²) < 4.78 is 32.2. The maximum absolute atomic E-state index is 12.4. The molecule has 21 heavy (non-hydrogen) atoms. The number of carboxylic acids is 1. The molecule has 0 spiro atoms. The molecule has 2 aromatic heterocycles. The summed E-state index contributed by atoms with van der Waals surface area (Å²) in [5.41, 5.74) is 0.620. The number of pyridine rings is 1. The van der Waals surface area contributed by atoms with E-state index in [9.17, 15) is 13.2 Å². The molecule has 2 heterocycles. The molecule has 112 valence electrons. The Bertz CT molecular complexity index is 791. The van der Waals surface area contributed by atoms with E-state index in [2.05, 4.69) is 9.71 Å². The number of aromatic carboxylic acids is 1. The molecule has 8 heteroatoms. The highest BCUT2D eigenvalue weighted by molar-refractivity contribution is 7.92. The maximum Gasteiger partial charge on any atom is 0.340 e. The minimum absolute atomic E-state index is 0.0254. The summed E-state index contributed by atoms with van der Waals surface area (Å²) in [6.45, 7) is 4.58. The largest absolute Gasteiger partial charge is 0.478 e. The lowest BCUT2D eigenvalue weighted by Crippen LogP contribution is -2.17. The Morgan fingerprint density at radius 3 is 2.43 bits per heavy atom. The first-order chi connectivity index (χ1) is 9.72. The number of anilines is 1. The molecule has 0 bridgehead atoms. The fourth-order valence-corrected chi connectivity index (χ4v) is 3.42. The topological polar surface area (TPSA) is 110 Å². The van der Waals surface area contributed by atoms with Crippen molar-refractivity contribution in [2.45, 2.75) is 25.7 Å². The highest BCUT2D eigenvalue weighted by Gasteiger charge is 2.30. The van der Waals surface area contributed by atoms with Gasteiger partial charge in [-0.25, -0.2) is 13.2 Å². The number of nitrogens with one attached hydrogen (secondary N) is 1. The van der Waals surface area contributed by atoms with Crippen molar-refractivity contribution in [2.24, 2.45) is 0 Å². The number of furan rings is 1. The van der Waals surface area contributed by atoms with Crippen LogP contribution in [0.1, 0.15) is 27.6 Å². The molecule has 2 aromatic rings. The predicted molar refractivity (Wildman–Crippen MR) is 74.9 cm³/mol. The van der Waals surface area contributed by atoms with Gasteiger partial charge >= 0.3 is 5.97 Å². The van der Waals surface area contributed by atoms with E-state index in [0.29, 0.717) is 0 Å². The SMILES string of the molecule is Cc1ccc(NS(=O)(=O)c2c(C)oc(C)c2C(=O)O)cn1. The highest BCUT2D eigenvalue weighted by Crippen LogP contribution is 2.28. The first kappa shape index (κ1) is 15.0. The summed E-state index contributed by atoms with van der Waals surface area (Å²) in [6.07, 6.45) is 1.36. The number of aromatic nitrogens is 1. The number of rotatable bonds is 4. The molecule has 0 aliphatic rings. The monoisotopic (exact) mass is 310 g/mol. The molecule has 2 rings (SSSR count). The second-order valence-electron chi connectivity index (χ2n) is 4.52. The lowest BCUT2D eigenvalue weighted by Gasteiger charge is -2.08. The van der Waals surface area contributed by atoms with Crippen LogP contribution in [0.3, 0.4) is 0 Å². The molecule has 0 fully saturated rings. The Labute approximate surface area is 121 Å². The van der Waals surface area contributed by atoms with Crippen LogP contribution in [-0.2, 0) is 10.0 Å².